The molecule has 0 aliphatic carbocycles. The first-order valence-electron chi connectivity index (χ1n) is 7.28. The van der Waals surface area contributed by atoms with E-state index < -0.39 is 0 Å². The van der Waals surface area contributed by atoms with Gasteiger partial charge in [0.05, 0.1) is 6.20 Å². The first kappa shape index (κ1) is 13.2. The van der Waals surface area contributed by atoms with Crippen LogP contribution in [0.2, 0.25) is 0 Å². The number of benzene rings is 1. The minimum absolute atomic E-state index is 0.219. The van der Waals surface area contributed by atoms with E-state index in [2.05, 4.69) is 46.1 Å². The minimum Gasteiger partial charge on any atom is -0.369 e. The van der Waals surface area contributed by atoms with Crippen molar-refractivity contribution in [2.75, 3.05) is 25.0 Å². The van der Waals surface area contributed by atoms with Gasteiger partial charge < -0.3 is 10.6 Å². The van der Waals surface area contributed by atoms with E-state index >= 15 is 0 Å². The van der Waals surface area contributed by atoms with Gasteiger partial charge in [-0.2, -0.15) is 5.10 Å². The predicted molar refractivity (Wildman–Crippen MR) is 81.9 cm³/mol. The zero-order valence-electron chi connectivity index (χ0n) is 12.0. The smallest absolute Gasteiger partial charge is 0.123 e. The third kappa shape index (κ3) is 2.56. The molecule has 1 saturated heterocycles. The van der Waals surface area contributed by atoms with E-state index in [0.717, 1.165) is 25.5 Å². The molecule has 106 valence electrons. The zero-order valence-corrected chi connectivity index (χ0v) is 12.0. The number of nitrogens with zero attached hydrogens (tertiary/aromatic N) is 2. The molecule has 20 heavy (non-hydrogen) atoms. The van der Waals surface area contributed by atoms with E-state index in [1.54, 1.807) is 0 Å². The van der Waals surface area contributed by atoms with Gasteiger partial charge in [-0.3, -0.25) is 4.68 Å². The Kier molecular flexibility index (Phi) is 3.74. The van der Waals surface area contributed by atoms with Crippen molar-refractivity contribution in [3.05, 3.63) is 48.2 Å². The summed E-state index contributed by atoms with van der Waals surface area (Å²) in [6, 6.07) is 12.9. The fourth-order valence-corrected chi connectivity index (χ4v) is 3.07. The fourth-order valence-electron chi connectivity index (χ4n) is 3.07. The number of hydrogen-bond acceptors (Lipinski definition) is 3. The summed E-state index contributed by atoms with van der Waals surface area (Å²) in [6.45, 7) is 3.13. The molecule has 1 aromatic heterocycles. The second kappa shape index (κ2) is 5.67. The Morgan fingerprint density at radius 1 is 1.20 bits per heavy atom. The fraction of sp³-hybridized carbons (Fsp3) is 0.438. The SMILES string of the molecule is Cn1nccc1NCC1(c2ccccc2)CCNCC1. The number of aryl methyl sites for hydroxylation is 1. The van der Waals surface area contributed by atoms with Crippen LogP contribution in [0.4, 0.5) is 5.82 Å². The highest BCUT2D eigenvalue weighted by atomic mass is 15.3. The van der Waals surface area contributed by atoms with Gasteiger partial charge in [0.1, 0.15) is 5.82 Å². The molecule has 0 spiro atoms. The summed E-state index contributed by atoms with van der Waals surface area (Å²) < 4.78 is 1.89. The lowest BCUT2D eigenvalue weighted by atomic mass is 9.73. The minimum atomic E-state index is 0.219. The average Bonchev–Trinajstić information content (AvgIpc) is 2.92. The molecule has 0 bridgehead atoms. The van der Waals surface area contributed by atoms with Crippen molar-refractivity contribution in [1.82, 2.24) is 15.1 Å². The summed E-state index contributed by atoms with van der Waals surface area (Å²) in [5.41, 5.74) is 1.66. The van der Waals surface area contributed by atoms with E-state index in [-0.39, 0.29) is 5.41 Å². The number of rotatable bonds is 4. The third-order valence-corrected chi connectivity index (χ3v) is 4.38. The largest absolute Gasteiger partial charge is 0.369 e. The maximum atomic E-state index is 4.22. The molecule has 2 heterocycles. The Hall–Kier alpha value is -1.81. The van der Waals surface area contributed by atoms with Crippen LogP contribution >= 0.6 is 0 Å². The summed E-state index contributed by atoms with van der Waals surface area (Å²) in [5, 5.41) is 11.3. The van der Waals surface area contributed by atoms with Crippen LogP contribution in [0.3, 0.4) is 0 Å². The number of piperidine rings is 1. The van der Waals surface area contributed by atoms with Crippen LogP contribution in [-0.4, -0.2) is 29.4 Å². The summed E-state index contributed by atoms with van der Waals surface area (Å²) in [4.78, 5) is 0. The van der Waals surface area contributed by atoms with E-state index in [9.17, 15) is 0 Å². The van der Waals surface area contributed by atoms with Gasteiger partial charge in [0, 0.05) is 25.1 Å². The lowest BCUT2D eigenvalue weighted by molar-refractivity contribution is 0.322. The lowest BCUT2D eigenvalue weighted by Gasteiger charge is -2.38. The molecule has 2 aromatic rings. The first-order valence-corrected chi connectivity index (χ1v) is 7.28. The van der Waals surface area contributed by atoms with Crippen molar-refractivity contribution in [3.63, 3.8) is 0 Å². The number of hydrogen-bond donors (Lipinski definition) is 2. The van der Waals surface area contributed by atoms with Crippen LogP contribution in [0.25, 0.3) is 0 Å². The van der Waals surface area contributed by atoms with Gasteiger partial charge in [-0.25, -0.2) is 0 Å². The van der Waals surface area contributed by atoms with Crippen LogP contribution < -0.4 is 10.6 Å². The van der Waals surface area contributed by atoms with Gasteiger partial charge >= 0.3 is 0 Å². The highest BCUT2D eigenvalue weighted by Gasteiger charge is 2.33. The molecule has 4 heteroatoms. The number of aromatic nitrogens is 2. The molecule has 3 rings (SSSR count). The summed E-state index contributed by atoms with van der Waals surface area (Å²) in [6.07, 6.45) is 4.17. The molecule has 1 aliphatic heterocycles. The van der Waals surface area contributed by atoms with Crippen LogP contribution in [-0.2, 0) is 12.5 Å². The third-order valence-electron chi connectivity index (χ3n) is 4.38. The van der Waals surface area contributed by atoms with Gasteiger partial charge in [0.2, 0.25) is 0 Å². The van der Waals surface area contributed by atoms with Crippen LogP contribution in [0.1, 0.15) is 18.4 Å². The monoisotopic (exact) mass is 270 g/mol. The van der Waals surface area contributed by atoms with Gasteiger partial charge in [-0.15, -0.1) is 0 Å². The van der Waals surface area contributed by atoms with Crippen molar-refractivity contribution in [3.8, 4) is 0 Å². The second-order valence-corrected chi connectivity index (χ2v) is 5.59. The Bertz CT molecular complexity index is 541. The van der Waals surface area contributed by atoms with Crippen molar-refractivity contribution in [2.45, 2.75) is 18.3 Å². The molecule has 0 saturated carbocycles. The maximum absolute atomic E-state index is 4.22. The Morgan fingerprint density at radius 3 is 2.60 bits per heavy atom. The summed E-state index contributed by atoms with van der Waals surface area (Å²) in [5.74, 6) is 1.08. The normalized spacial score (nSPS) is 17.9. The molecule has 1 aromatic carbocycles. The van der Waals surface area contributed by atoms with Crippen molar-refractivity contribution >= 4 is 5.82 Å². The quantitative estimate of drug-likeness (QED) is 0.894. The van der Waals surface area contributed by atoms with Gasteiger partial charge in [0.25, 0.3) is 0 Å². The average molecular weight is 270 g/mol. The molecule has 0 atom stereocenters. The molecular weight excluding hydrogens is 248 g/mol. The van der Waals surface area contributed by atoms with Crippen molar-refractivity contribution in [2.24, 2.45) is 7.05 Å². The molecule has 0 radical (unpaired) electrons. The summed E-state index contributed by atoms with van der Waals surface area (Å²) in [7, 11) is 1.97. The molecular formula is C16H22N4. The maximum Gasteiger partial charge on any atom is 0.123 e. The highest BCUT2D eigenvalue weighted by molar-refractivity contribution is 5.37. The van der Waals surface area contributed by atoms with E-state index in [4.69, 9.17) is 0 Å². The molecule has 0 amide bonds. The van der Waals surface area contributed by atoms with E-state index in [1.807, 2.05) is 24.0 Å². The van der Waals surface area contributed by atoms with Crippen LogP contribution in [0.5, 0.6) is 0 Å². The van der Waals surface area contributed by atoms with E-state index in [0.29, 0.717) is 0 Å². The van der Waals surface area contributed by atoms with Crippen LogP contribution in [0.15, 0.2) is 42.6 Å². The Labute approximate surface area is 120 Å². The lowest BCUT2D eigenvalue weighted by Crippen LogP contribution is -2.44. The van der Waals surface area contributed by atoms with Gasteiger partial charge in [-0.1, -0.05) is 30.3 Å². The zero-order chi connectivity index (χ0) is 13.8. The molecule has 0 unspecified atom stereocenters. The standard InChI is InChI=1S/C16H22N4/c1-20-15(7-10-19-20)18-13-16(8-11-17-12-9-16)14-5-3-2-4-6-14/h2-7,10,17-18H,8-9,11-13H2,1H3. The Morgan fingerprint density at radius 2 is 1.95 bits per heavy atom. The van der Waals surface area contributed by atoms with E-state index in [1.165, 1.54) is 18.4 Å². The Balaban J connectivity index is 1.81. The molecule has 4 nitrogen and oxygen atoms in total. The number of anilines is 1. The highest BCUT2D eigenvalue weighted by Crippen LogP contribution is 2.33. The first-order chi connectivity index (χ1) is 9.80. The van der Waals surface area contributed by atoms with Crippen LogP contribution in [0, 0.1) is 0 Å². The second-order valence-electron chi connectivity index (χ2n) is 5.59. The molecule has 2 N–H and O–H groups in total. The van der Waals surface area contributed by atoms with Gasteiger partial charge in [-0.05, 0) is 31.5 Å². The van der Waals surface area contributed by atoms with Gasteiger partial charge in [0.15, 0.2) is 0 Å². The van der Waals surface area contributed by atoms with Crippen molar-refractivity contribution < 1.29 is 0 Å². The molecule has 1 fully saturated rings. The predicted octanol–water partition coefficient (Wildman–Crippen LogP) is 2.15. The topological polar surface area (TPSA) is 41.9 Å². The van der Waals surface area contributed by atoms with Crippen molar-refractivity contribution in [1.29, 1.82) is 0 Å². The molecule has 1 aliphatic rings. The number of nitrogens with one attached hydrogen (secondary N) is 2. The summed E-state index contributed by atoms with van der Waals surface area (Å²) >= 11 is 0.